The molecule has 0 aliphatic carbocycles. The highest BCUT2D eigenvalue weighted by Crippen LogP contribution is 2.20. The lowest BCUT2D eigenvalue weighted by atomic mass is 10.1. The van der Waals surface area contributed by atoms with Crippen LogP contribution >= 0.6 is 0 Å². The van der Waals surface area contributed by atoms with Gasteiger partial charge < -0.3 is 19.3 Å². The third kappa shape index (κ3) is 9.85. The highest BCUT2D eigenvalue weighted by atomic mass is 16.5. The monoisotopic (exact) mass is 478 g/mol. The standard InChI is InChI=1S/C13H13NO3.C12H11NO3.C2H6/c1-3-17-13(15)11(9-14)12(16-2)10-7-5-4-6-8-10;1-2-16-12(15)10(8-13)11(14)9-6-4-3-5-7-9;1-2/h4-8H,3H2,1-2H3;3-7,14H,2H2,1H3;1-2H3/b12-11+;11-10+;. The summed E-state index contributed by atoms with van der Waals surface area (Å²) in [5.41, 5.74) is 0.570. The van der Waals surface area contributed by atoms with E-state index in [1.54, 1.807) is 74.5 Å². The molecule has 0 aromatic heterocycles. The van der Waals surface area contributed by atoms with E-state index in [0.717, 1.165) is 0 Å². The second-order valence-electron chi connectivity index (χ2n) is 6.03. The summed E-state index contributed by atoms with van der Waals surface area (Å²) in [5, 5.41) is 27.5. The van der Waals surface area contributed by atoms with Crippen LogP contribution in [-0.4, -0.2) is 37.4 Å². The number of benzene rings is 2. The number of nitriles is 2. The van der Waals surface area contributed by atoms with Crippen LogP contribution in [0.5, 0.6) is 0 Å². The van der Waals surface area contributed by atoms with Crippen LogP contribution in [-0.2, 0) is 23.8 Å². The number of esters is 2. The summed E-state index contributed by atoms with van der Waals surface area (Å²) in [6, 6.07) is 20.8. The van der Waals surface area contributed by atoms with E-state index in [-0.39, 0.29) is 35.9 Å². The number of methoxy groups -OCH3 is 1. The molecule has 35 heavy (non-hydrogen) atoms. The first kappa shape index (κ1) is 30.4. The molecule has 0 spiro atoms. The Morgan fingerprint density at radius 3 is 1.54 bits per heavy atom. The van der Waals surface area contributed by atoms with Crippen LogP contribution in [0.2, 0.25) is 0 Å². The smallest absolute Gasteiger partial charge is 0.352 e. The second kappa shape index (κ2) is 17.9. The van der Waals surface area contributed by atoms with Crippen molar-refractivity contribution in [1.29, 1.82) is 10.5 Å². The predicted octanol–water partition coefficient (Wildman–Crippen LogP) is 5.20. The minimum absolute atomic E-state index is 0.124. The van der Waals surface area contributed by atoms with Crippen LogP contribution in [0, 0.1) is 22.7 Å². The summed E-state index contributed by atoms with van der Waals surface area (Å²) in [5.74, 6) is -1.62. The minimum atomic E-state index is -0.814. The Balaban J connectivity index is 0.000000618. The van der Waals surface area contributed by atoms with Gasteiger partial charge in [0.1, 0.15) is 17.9 Å². The topological polar surface area (TPSA) is 130 Å². The van der Waals surface area contributed by atoms with E-state index >= 15 is 0 Å². The average Bonchev–Trinajstić information content (AvgIpc) is 2.90. The molecule has 0 aliphatic rings. The maximum Gasteiger partial charge on any atom is 0.352 e. The number of hydrogen-bond acceptors (Lipinski definition) is 8. The van der Waals surface area contributed by atoms with Gasteiger partial charge in [-0.3, -0.25) is 0 Å². The Hall–Kier alpha value is -4.56. The van der Waals surface area contributed by atoms with Crippen LogP contribution in [0.1, 0.15) is 38.8 Å². The number of carbonyl (C=O) groups excluding carboxylic acids is 2. The third-order valence-corrected chi connectivity index (χ3v) is 3.93. The first-order valence-corrected chi connectivity index (χ1v) is 10.9. The molecule has 0 saturated heterocycles. The van der Waals surface area contributed by atoms with Gasteiger partial charge in [-0.05, 0) is 13.8 Å². The zero-order valence-electron chi connectivity index (χ0n) is 20.6. The molecule has 0 fully saturated rings. The first-order chi connectivity index (χ1) is 16.9. The SMILES string of the molecule is CC.CCOC(=O)/C(C#N)=C(/O)c1ccccc1.CCOC(=O)/C(C#N)=C(/OC)c1ccccc1. The Morgan fingerprint density at radius 2 is 1.17 bits per heavy atom. The lowest BCUT2D eigenvalue weighted by molar-refractivity contribution is -0.139. The molecule has 0 radical (unpaired) electrons. The van der Waals surface area contributed by atoms with Gasteiger partial charge in [-0.15, -0.1) is 0 Å². The summed E-state index contributed by atoms with van der Waals surface area (Å²) < 4.78 is 14.6. The predicted molar refractivity (Wildman–Crippen MR) is 132 cm³/mol. The number of aliphatic hydroxyl groups excluding tert-OH is 1. The number of ether oxygens (including phenoxy) is 3. The molecule has 0 saturated carbocycles. The number of aliphatic hydroxyl groups is 1. The molecule has 0 bridgehead atoms. The molecule has 2 aromatic carbocycles. The van der Waals surface area contributed by atoms with Crippen molar-refractivity contribution in [2.45, 2.75) is 27.7 Å². The van der Waals surface area contributed by atoms with E-state index in [1.165, 1.54) is 7.11 Å². The van der Waals surface area contributed by atoms with E-state index in [4.69, 9.17) is 20.0 Å². The summed E-state index contributed by atoms with van der Waals surface area (Å²) in [4.78, 5) is 22.9. The van der Waals surface area contributed by atoms with E-state index in [9.17, 15) is 14.7 Å². The fraction of sp³-hybridized carbons (Fsp3) is 0.259. The highest BCUT2D eigenvalue weighted by Gasteiger charge is 2.19. The molecule has 0 heterocycles. The fourth-order valence-corrected chi connectivity index (χ4v) is 2.49. The van der Waals surface area contributed by atoms with Gasteiger partial charge in [0.05, 0.1) is 20.3 Å². The molecule has 0 aliphatic heterocycles. The van der Waals surface area contributed by atoms with E-state index in [2.05, 4.69) is 4.74 Å². The van der Waals surface area contributed by atoms with Gasteiger partial charge in [-0.25, -0.2) is 9.59 Å². The van der Waals surface area contributed by atoms with Gasteiger partial charge in [0.15, 0.2) is 16.9 Å². The van der Waals surface area contributed by atoms with Crippen LogP contribution < -0.4 is 0 Å². The van der Waals surface area contributed by atoms with Gasteiger partial charge in [-0.2, -0.15) is 10.5 Å². The molecular weight excluding hydrogens is 448 g/mol. The average molecular weight is 479 g/mol. The Labute approximate surface area is 206 Å². The fourth-order valence-electron chi connectivity index (χ4n) is 2.49. The number of rotatable bonds is 7. The molecule has 0 atom stereocenters. The van der Waals surface area contributed by atoms with Crippen molar-refractivity contribution in [2.24, 2.45) is 0 Å². The summed E-state index contributed by atoms with van der Waals surface area (Å²) >= 11 is 0. The van der Waals surface area contributed by atoms with Crippen molar-refractivity contribution in [3.8, 4) is 12.1 Å². The van der Waals surface area contributed by atoms with Gasteiger partial charge >= 0.3 is 11.9 Å². The van der Waals surface area contributed by atoms with Crippen LogP contribution in [0.3, 0.4) is 0 Å². The molecule has 0 amide bonds. The summed E-state index contributed by atoms with van der Waals surface area (Å²) in [7, 11) is 1.42. The normalized spacial score (nSPS) is 10.7. The molecule has 8 heteroatoms. The lowest BCUT2D eigenvalue weighted by Gasteiger charge is -2.08. The van der Waals surface area contributed by atoms with E-state index in [0.29, 0.717) is 11.1 Å². The zero-order chi connectivity index (χ0) is 26.6. The Bertz CT molecular complexity index is 1080. The van der Waals surface area contributed by atoms with Crippen molar-refractivity contribution >= 4 is 23.5 Å². The van der Waals surface area contributed by atoms with E-state index < -0.39 is 11.9 Å². The summed E-state index contributed by atoms with van der Waals surface area (Å²) in [6.45, 7) is 7.69. The highest BCUT2D eigenvalue weighted by molar-refractivity contribution is 6.00. The number of hydrogen-bond donors (Lipinski definition) is 1. The van der Waals surface area contributed by atoms with Crippen LogP contribution in [0.4, 0.5) is 0 Å². The zero-order valence-corrected chi connectivity index (χ0v) is 20.6. The van der Waals surface area contributed by atoms with Crippen LogP contribution in [0.15, 0.2) is 71.8 Å². The molecule has 8 nitrogen and oxygen atoms in total. The first-order valence-electron chi connectivity index (χ1n) is 10.9. The van der Waals surface area contributed by atoms with Crippen molar-refractivity contribution in [3.63, 3.8) is 0 Å². The molecule has 0 unspecified atom stereocenters. The maximum absolute atomic E-state index is 11.6. The van der Waals surface area contributed by atoms with Crippen LogP contribution in [0.25, 0.3) is 11.5 Å². The molecular formula is C27H30N2O6. The van der Waals surface area contributed by atoms with Gasteiger partial charge in [0.2, 0.25) is 0 Å². The third-order valence-electron chi connectivity index (χ3n) is 3.93. The van der Waals surface area contributed by atoms with Gasteiger partial charge in [-0.1, -0.05) is 74.5 Å². The van der Waals surface area contributed by atoms with Gasteiger partial charge in [0.25, 0.3) is 0 Å². The maximum atomic E-state index is 11.6. The van der Waals surface area contributed by atoms with E-state index in [1.807, 2.05) is 26.0 Å². The van der Waals surface area contributed by atoms with Crippen molar-refractivity contribution < 1.29 is 28.9 Å². The molecule has 2 aromatic rings. The van der Waals surface area contributed by atoms with Crippen molar-refractivity contribution in [3.05, 3.63) is 82.9 Å². The second-order valence-corrected chi connectivity index (χ2v) is 6.03. The number of nitrogens with zero attached hydrogens (tertiary/aromatic N) is 2. The molecule has 184 valence electrons. The Kier molecular flexibility index (Phi) is 15.6. The minimum Gasteiger partial charge on any atom is -0.506 e. The Morgan fingerprint density at radius 1 is 0.771 bits per heavy atom. The largest absolute Gasteiger partial charge is 0.506 e. The lowest BCUT2D eigenvalue weighted by Crippen LogP contribution is -2.09. The molecule has 1 N–H and O–H groups in total. The van der Waals surface area contributed by atoms with Crippen molar-refractivity contribution in [1.82, 2.24) is 0 Å². The quantitative estimate of drug-likeness (QED) is 0.249. The summed E-state index contributed by atoms with van der Waals surface area (Å²) in [6.07, 6.45) is 0. The number of carbonyl (C=O) groups is 2. The molecule has 2 rings (SSSR count). The van der Waals surface area contributed by atoms with Crippen molar-refractivity contribution in [2.75, 3.05) is 20.3 Å². The van der Waals surface area contributed by atoms with Gasteiger partial charge in [0, 0.05) is 11.1 Å².